The van der Waals surface area contributed by atoms with E-state index in [1.165, 1.54) is 0 Å². The fourth-order valence-corrected chi connectivity index (χ4v) is 0.493. The maximum absolute atomic E-state index is 9.07. The molecule has 0 aromatic carbocycles. The molecule has 0 bridgehead atoms. The lowest BCUT2D eigenvalue weighted by molar-refractivity contribution is -0.187. The van der Waals surface area contributed by atoms with Crippen LogP contribution in [0.3, 0.4) is 0 Å². The maximum Gasteiger partial charge on any atom is 0.159 e. The van der Waals surface area contributed by atoms with Gasteiger partial charge in [-0.2, -0.15) is 0 Å². The first kappa shape index (κ1) is 10.8. The minimum absolute atomic E-state index is 0.259. The van der Waals surface area contributed by atoms with Crippen LogP contribution in [0.25, 0.3) is 0 Å². The number of aliphatic hydroxyl groups is 1. The normalized spacial score (nSPS) is 12.0. The average molecular weight is 164 g/mol. The molecule has 0 aliphatic carbocycles. The third kappa shape index (κ3) is 9.84. The highest BCUT2D eigenvalue weighted by molar-refractivity contribution is 4.46. The van der Waals surface area contributed by atoms with E-state index < -0.39 is 5.79 Å². The minimum atomic E-state index is -1.07. The predicted molar refractivity (Wildman–Crippen MR) is 40.1 cm³/mol. The van der Waals surface area contributed by atoms with Gasteiger partial charge in [-0.25, -0.2) is 0 Å². The highest BCUT2D eigenvalue weighted by Gasteiger charge is 2.10. The van der Waals surface area contributed by atoms with Crippen molar-refractivity contribution in [2.45, 2.75) is 19.6 Å². The molecule has 1 N–H and O–H groups in total. The van der Waals surface area contributed by atoms with Crippen LogP contribution in [0.2, 0.25) is 0 Å². The molecule has 0 atom stereocenters. The van der Waals surface area contributed by atoms with Crippen LogP contribution < -0.4 is 0 Å². The van der Waals surface area contributed by atoms with E-state index in [1.807, 2.05) is 0 Å². The van der Waals surface area contributed by atoms with Gasteiger partial charge in [0.1, 0.15) is 6.79 Å². The second kappa shape index (κ2) is 5.49. The van der Waals surface area contributed by atoms with Crippen LogP contribution in [-0.4, -0.2) is 38.0 Å². The molecule has 0 heterocycles. The minimum Gasteiger partial charge on any atom is -0.366 e. The van der Waals surface area contributed by atoms with Gasteiger partial charge in [-0.15, -0.1) is 0 Å². The lowest BCUT2D eigenvalue weighted by Gasteiger charge is -2.17. The summed E-state index contributed by atoms with van der Waals surface area (Å²) in [5, 5.41) is 9.07. The standard InChI is InChI=1S/C7H16O4/c1-7(2,8)11-5-4-10-6-9-3/h8H,4-6H2,1-3H3. The third-order valence-corrected chi connectivity index (χ3v) is 0.884. The predicted octanol–water partition coefficient (Wildman–Crippen LogP) is 0.352. The molecule has 0 radical (unpaired) electrons. The van der Waals surface area contributed by atoms with Crippen LogP contribution in [0.1, 0.15) is 13.8 Å². The Hall–Kier alpha value is -0.160. The Morgan fingerprint density at radius 3 is 2.36 bits per heavy atom. The number of methoxy groups -OCH3 is 1. The molecule has 0 aliphatic rings. The van der Waals surface area contributed by atoms with E-state index in [-0.39, 0.29) is 6.79 Å². The maximum atomic E-state index is 9.07. The van der Waals surface area contributed by atoms with Crippen molar-refractivity contribution in [2.24, 2.45) is 0 Å². The van der Waals surface area contributed by atoms with Gasteiger partial charge in [-0.05, 0) is 13.8 Å². The van der Waals surface area contributed by atoms with Gasteiger partial charge in [0.15, 0.2) is 5.79 Å². The van der Waals surface area contributed by atoms with Crippen molar-refractivity contribution in [1.29, 1.82) is 0 Å². The van der Waals surface area contributed by atoms with Crippen molar-refractivity contribution in [3.8, 4) is 0 Å². The number of rotatable bonds is 6. The van der Waals surface area contributed by atoms with Crippen LogP contribution in [0, 0.1) is 0 Å². The van der Waals surface area contributed by atoms with Crippen LogP contribution in [0.5, 0.6) is 0 Å². The average Bonchev–Trinajstić information content (AvgIpc) is 1.85. The molecule has 0 fully saturated rings. The largest absolute Gasteiger partial charge is 0.366 e. The molecule has 0 amide bonds. The summed E-state index contributed by atoms with van der Waals surface area (Å²) in [5.41, 5.74) is 0. The van der Waals surface area contributed by atoms with E-state index in [9.17, 15) is 0 Å². The number of hydrogen-bond acceptors (Lipinski definition) is 4. The van der Waals surface area contributed by atoms with Gasteiger partial charge >= 0.3 is 0 Å². The van der Waals surface area contributed by atoms with Crippen molar-refractivity contribution >= 4 is 0 Å². The zero-order valence-corrected chi connectivity index (χ0v) is 7.29. The molecular formula is C7H16O4. The summed E-state index contributed by atoms with van der Waals surface area (Å²) in [4.78, 5) is 0. The van der Waals surface area contributed by atoms with Crippen LogP contribution in [0.4, 0.5) is 0 Å². The fraction of sp³-hybridized carbons (Fsp3) is 1.00. The van der Waals surface area contributed by atoms with Gasteiger partial charge in [-0.3, -0.25) is 0 Å². The summed E-state index contributed by atoms with van der Waals surface area (Å²) in [5.74, 6) is -1.07. The summed E-state index contributed by atoms with van der Waals surface area (Å²) >= 11 is 0. The summed E-state index contributed by atoms with van der Waals surface area (Å²) in [7, 11) is 1.55. The monoisotopic (exact) mass is 164 g/mol. The van der Waals surface area contributed by atoms with Crippen molar-refractivity contribution in [1.82, 2.24) is 0 Å². The molecule has 68 valence electrons. The first-order valence-electron chi connectivity index (χ1n) is 3.49. The zero-order valence-electron chi connectivity index (χ0n) is 7.29. The van der Waals surface area contributed by atoms with Crippen molar-refractivity contribution < 1.29 is 19.3 Å². The van der Waals surface area contributed by atoms with Gasteiger partial charge in [0.2, 0.25) is 0 Å². The summed E-state index contributed by atoms with van der Waals surface area (Å²) in [6.45, 7) is 4.20. The number of ether oxygens (including phenoxy) is 3. The quantitative estimate of drug-likeness (QED) is 0.454. The van der Waals surface area contributed by atoms with E-state index in [0.29, 0.717) is 13.2 Å². The first-order valence-corrected chi connectivity index (χ1v) is 3.49. The first-order chi connectivity index (χ1) is 5.06. The summed E-state index contributed by atoms with van der Waals surface area (Å²) in [6, 6.07) is 0. The molecule has 0 aliphatic heterocycles. The highest BCUT2D eigenvalue weighted by atomic mass is 16.7. The zero-order chi connectivity index (χ0) is 8.74. The Morgan fingerprint density at radius 2 is 1.91 bits per heavy atom. The van der Waals surface area contributed by atoms with Gasteiger partial charge < -0.3 is 19.3 Å². The molecule has 0 rings (SSSR count). The van der Waals surface area contributed by atoms with Crippen LogP contribution in [-0.2, 0) is 14.2 Å². The van der Waals surface area contributed by atoms with Crippen LogP contribution >= 0.6 is 0 Å². The van der Waals surface area contributed by atoms with Crippen LogP contribution in [0.15, 0.2) is 0 Å². The van der Waals surface area contributed by atoms with Crippen molar-refractivity contribution in [3.63, 3.8) is 0 Å². The van der Waals surface area contributed by atoms with Gasteiger partial charge in [0.25, 0.3) is 0 Å². The lowest BCUT2D eigenvalue weighted by atomic mass is 10.4. The van der Waals surface area contributed by atoms with E-state index in [4.69, 9.17) is 14.6 Å². The van der Waals surface area contributed by atoms with E-state index in [0.717, 1.165) is 0 Å². The molecular weight excluding hydrogens is 148 g/mol. The second-order valence-electron chi connectivity index (χ2n) is 2.61. The van der Waals surface area contributed by atoms with E-state index in [2.05, 4.69) is 4.74 Å². The van der Waals surface area contributed by atoms with Gasteiger partial charge in [0, 0.05) is 7.11 Å². The van der Waals surface area contributed by atoms with Crippen molar-refractivity contribution in [3.05, 3.63) is 0 Å². The van der Waals surface area contributed by atoms with Crippen molar-refractivity contribution in [2.75, 3.05) is 27.1 Å². The molecule has 4 nitrogen and oxygen atoms in total. The second-order valence-corrected chi connectivity index (χ2v) is 2.61. The Bertz CT molecular complexity index is 86.9. The molecule has 0 saturated heterocycles. The third-order valence-electron chi connectivity index (χ3n) is 0.884. The Kier molecular flexibility index (Phi) is 5.41. The van der Waals surface area contributed by atoms with E-state index >= 15 is 0 Å². The molecule has 4 heteroatoms. The lowest BCUT2D eigenvalue weighted by Crippen LogP contribution is -2.25. The highest BCUT2D eigenvalue weighted by Crippen LogP contribution is 2.01. The topological polar surface area (TPSA) is 47.9 Å². The molecule has 0 aromatic rings. The molecule has 11 heavy (non-hydrogen) atoms. The Labute approximate surface area is 67.1 Å². The summed E-state index contributed by atoms with van der Waals surface area (Å²) in [6.07, 6.45) is 0. The molecule has 0 spiro atoms. The summed E-state index contributed by atoms with van der Waals surface area (Å²) < 4.78 is 14.5. The Balaban J connectivity index is 3.02. The van der Waals surface area contributed by atoms with Gasteiger partial charge in [0.05, 0.1) is 13.2 Å². The molecule has 0 aromatic heterocycles. The fourth-order valence-electron chi connectivity index (χ4n) is 0.493. The molecule has 0 saturated carbocycles. The molecule has 0 unspecified atom stereocenters. The van der Waals surface area contributed by atoms with Gasteiger partial charge in [-0.1, -0.05) is 0 Å². The Morgan fingerprint density at radius 1 is 1.27 bits per heavy atom. The SMILES string of the molecule is COCOCCOC(C)(C)O. The smallest absolute Gasteiger partial charge is 0.159 e. The van der Waals surface area contributed by atoms with E-state index in [1.54, 1.807) is 21.0 Å². The number of hydrogen-bond donors (Lipinski definition) is 1.